The molecule has 0 aromatic carbocycles. The molecule has 0 bridgehead atoms. The summed E-state index contributed by atoms with van der Waals surface area (Å²) in [6.45, 7) is 3.15. The van der Waals surface area contributed by atoms with Gasteiger partial charge in [0.05, 0.1) is 11.7 Å². The predicted octanol–water partition coefficient (Wildman–Crippen LogP) is 1.43. The summed E-state index contributed by atoms with van der Waals surface area (Å²) in [6, 6.07) is 2.50. The highest BCUT2D eigenvalue weighted by Gasteiger charge is 2.36. The summed E-state index contributed by atoms with van der Waals surface area (Å²) in [5, 5.41) is 8.81. The number of rotatable bonds is 3. The van der Waals surface area contributed by atoms with Crippen LogP contribution in [0.25, 0.3) is 0 Å². The fourth-order valence-corrected chi connectivity index (χ4v) is 3.93. The van der Waals surface area contributed by atoms with Crippen molar-refractivity contribution in [1.29, 1.82) is 0 Å². The molecule has 0 saturated carbocycles. The molecule has 1 aromatic rings. The zero-order chi connectivity index (χ0) is 16.5. The van der Waals surface area contributed by atoms with Gasteiger partial charge in [-0.3, -0.25) is 4.79 Å². The molecule has 1 aromatic heterocycles. The third kappa shape index (κ3) is 2.99. The molecular weight excluding hydrogens is 304 g/mol. The minimum atomic E-state index is 0.140. The zero-order valence-corrected chi connectivity index (χ0v) is 14.4. The van der Waals surface area contributed by atoms with E-state index in [1.165, 1.54) is 24.1 Å². The molecule has 4 rings (SSSR count). The average Bonchev–Trinajstić information content (AvgIpc) is 2.60. The van der Waals surface area contributed by atoms with Crippen LogP contribution in [0.3, 0.4) is 0 Å². The van der Waals surface area contributed by atoms with Crippen LogP contribution in [0.1, 0.15) is 36.9 Å². The monoisotopic (exact) mass is 330 g/mol. The zero-order valence-electron chi connectivity index (χ0n) is 14.4. The van der Waals surface area contributed by atoms with Crippen LogP contribution in [0.4, 0.5) is 5.82 Å². The molecule has 3 aliphatic rings. The van der Waals surface area contributed by atoms with Crippen LogP contribution >= 0.6 is 0 Å². The normalized spacial score (nSPS) is 22.0. The second kappa shape index (κ2) is 6.67. The summed E-state index contributed by atoms with van der Waals surface area (Å²) >= 11 is 0. The highest BCUT2D eigenvalue weighted by Crippen LogP contribution is 2.27. The Bertz CT molecular complexity index is 609. The quantitative estimate of drug-likeness (QED) is 0.839. The fraction of sp³-hybridized carbons (Fsp3) is 0.722. The Kier molecular flexibility index (Phi) is 4.39. The summed E-state index contributed by atoms with van der Waals surface area (Å²) in [7, 11) is 1.94. The van der Waals surface area contributed by atoms with Crippen molar-refractivity contribution >= 4 is 11.7 Å². The maximum Gasteiger partial charge on any atom is 0.225 e. The molecule has 1 amide bonds. The molecule has 2 aliphatic heterocycles. The lowest BCUT2D eigenvalue weighted by molar-refractivity contribution is -0.139. The van der Waals surface area contributed by atoms with Crippen LogP contribution in [-0.4, -0.2) is 60.4 Å². The van der Waals surface area contributed by atoms with E-state index in [9.17, 15) is 4.79 Å². The van der Waals surface area contributed by atoms with Crippen LogP contribution in [-0.2, 0) is 22.4 Å². The van der Waals surface area contributed by atoms with Crippen molar-refractivity contribution in [2.45, 2.75) is 44.6 Å². The first-order chi connectivity index (χ1) is 11.7. The van der Waals surface area contributed by atoms with Crippen molar-refractivity contribution in [3.8, 4) is 0 Å². The Labute approximate surface area is 143 Å². The molecule has 3 heterocycles. The molecule has 2 saturated heterocycles. The SMILES string of the molecule is CN(C(=O)C1CCOCC1)C1CN(c2cc3c(nn2)CCCC3)C1. The van der Waals surface area contributed by atoms with Crippen LogP contribution in [0, 0.1) is 5.92 Å². The first-order valence-corrected chi connectivity index (χ1v) is 9.17. The van der Waals surface area contributed by atoms with Crippen LogP contribution < -0.4 is 4.90 Å². The maximum absolute atomic E-state index is 12.6. The van der Waals surface area contributed by atoms with E-state index in [2.05, 4.69) is 21.2 Å². The molecule has 130 valence electrons. The summed E-state index contributed by atoms with van der Waals surface area (Å²) in [5.74, 6) is 1.39. The number of carbonyl (C=O) groups excluding carboxylic acids is 1. The van der Waals surface area contributed by atoms with E-state index in [1.807, 2.05) is 11.9 Å². The van der Waals surface area contributed by atoms with E-state index in [-0.39, 0.29) is 17.9 Å². The number of hydrogen-bond donors (Lipinski definition) is 0. The van der Waals surface area contributed by atoms with Crippen molar-refractivity contribution in [1.82, 2.24) is 15.1 Å². The first kappa shape index (κ1) is 15.8. The van der Waals surface area contributed by atoms with E-state index >= 15 is 0 Å². The Morgan fingerprint density at radius 3 is 2.75 bits per heavy atom. The van der Waals surface area contributed by atoms with Crippen molar-refractivity contribution in [2.75, 3.05) is 38.3 Å². The van der Waals surface area contributed by atoms with Gasteiger partial charge in [0.1, 0.15) is 0 Å². The molecule has 6 nitrogen and oxygen atoms in total. The van der Waals surface area contributed by atoms with Gasteiger partial charge in [-0.25, -0.2) is 0 Å². The van der Waals surface area contributed by atoms with Crippen molar-refractivity contribution in [2.24, 2.45) is 5.92 Å². The standard InChI is InChI=1S/C18H26N4O2/c1-21(18(23)13-6-8-24-9-7-13)15-11-22(12-15)17-10-14-4-2-3-5-16(14)19-20-17/h10,13,15H,2-9,11-12H2,1H3. The number of amides is 1. The Hall–Kier alpha value is -1.69. The Morgan fingerprint density at radius 1 is 1.21 bits per heavy atom. The highest BCUT2D eigenvalue weighted by atomic mass is 16.5. The van der Waals surface area contributed by atoms with Gasteiger partial charge in [-0.2, -0.15) is 5.10 Å². The van der Waals surface area contributed by atoms with Gasteiger partial charge in [-0.15, -0.1) is 5.10 Å². The molecule has 6 heteroatoms. The summed E-state index contributed by atoms with van der Waals surface area (Å²) in [5.41, 5.74) is 2.54. The summed E-state index contributed by atoms with van der Waals surface area (Å²) in [4.78, 5) is 16.8. The molecule has 0 N–H and O–H groups in total. The van der Waals surface area contributed by atoms with Gasteiger partial charge in [0.15, 0.2) is 5.82 Å². The number of nitrogens with zero attached hydrogens (tertiary/aromatic N) is 4. The maximum atomic E-state index is 12.6. The molecule has 24 heavy (non-hydrogen) atoms. The third-order valence-corrected chi connectivity index (χ3v) is 5.71. The molecule has 0 atom stereocenters. The van der Waals surface area contributed by atoms with Crippen LogP contribution in [0.5, 0.6) is 0 Å². The molecule has 1 aliphatic carbocycles. The molecular formula is C18H26N4O2. The molecule has 0 unspecified atom stereocenters. The van der Waals surface area contributed by atoms with Gasteiger partial charge in [-0.1, -0.05) is 0 Å². The van der Waals surface area contributed by atoms with E-state index in [0.29, 0.717) is 13.2 Å². The summed E-state index contributed by atoms with van der Waals surface area (Å²) in [6.07, 6.45) is 6.38. The van der Waals surface area contributed by atoms with Gasteiger partial charge < -0.3 is 14.5 Å². The largest absolute Gasteiger partial charge is 0.381 e. The van der Waals surface area contributed by atoms with Crippen molar-refractivity contribution in [3.05, 3.63) is 17.3 Å². The Balaban J connectivity index is 1.35. The lowest BCUT2D eigenvalue weighted by atomic mass is 9.95. The number of anilines is 1. The number of ether oxygens (including phenoxy) is 1. The minimum absolute atomic E-state index is 0.140. The lowest BCUT2D eigenvalue weighted by Crippen LogP contribution is -2.61. The van der Waals surface area contributed by atoms with Gasteiger partial charge in [0, 0.05) is 39.3 Å². The second-order valence-electron chi connectivity index (χ2n) is 7.28. The van der Waals surface area contributed by atoms with E-state index in [0.717, 1.165) is 44.6 Å². The van der Waals surface area contributed by atoms with Crippen molar-refractivity contribution in [3.63, 3.8) is 0 Å². The minimum Gasteiger partial charge on any atom is -0.381 e. The summed E-state index contributed by atoms with van der Waals surface area (Å²) < 4.78 is 5.36. The van der Waals surface area contributed by atoms with Gasteiger partial charge in [0.2, 0.25) is 5.91 Å². The number of aromatic nitrogens is 2. The second-order valence-corrected chi connectivity index (χ2v) is 7.28. The lowest BCUT2D eigenvalue weighted by Gasteiger charge is -2.45. The van der Waals surface area contributed by atoms with Gasteiger partial charge in [-0.05, 0) is 50.2 Å². The number of aryl methyl sites for hydroxylation is 2. The van der Waals surface area contributed by atoms with Crippen molar-refractivity contribution < 1.29 is 9.53 Å². The number of fused-ring (bicyclic) bond motifs is 1. The highest BCUT2D eigenvalue weighted by molar-refractivity contribution is 5.79. The molecule has 2 fully saturated rings. The number of likely N-dealkylation sites (N-methyl/N-ethyl adjacent to an activating group) is 1. The smallest absolute Gasteiger partial charge is 0.225 e. The van der Waals surface area contributed by atoms with Gasteiger partial charge >= 0.3 is 0 Å². The van der Waals surface area contributed by atoms with Gasteiger partial charge in [0.25, 0.3) is 0 Å². The van der Waals surface area contributed by atoms with Crippen LogP contribution in [0.2, 0.25) is 0 Å². The number of carbonyl (C=O) groups is 1. The van der Waals surface area contributed by atoms with E-state index in [4.69, 9.17) is 4.74 Å². The third-order valence-electron chi connectivity index (χ3n) is 5.71. The predicted molar refractivity (Wildman–Crippen MR) is 91.0 cm³/mol. The van der Waals surface area contributed by atoms with E-state index < -0.39 is 0 Å². The molecule has 0 radical (unpaired) electrons. The van der Waals surface area contributed by atoms with E-state index in [1.54, 1.807) is 0 Å². The van der Waals surface area contributed by atoms with Crippen LogP contribution in [0.15, 0.2) is 6.07 Å². The Morgan fingerprint density at radius 2 is 1.96 bits per heavy atom. The number of hydrogen-bond acceptors (Lipinski definition) is 5. The topological polar surface area (TPSA) is 58.6 Å². The average molecular weight is 330 g/mol. The fourth-order valence-electron chi connectivity index (χ4n) is 3.93. The first-order valence-electron chi connectivity index (χ1n) is 9.17. The molecule has 0 spiro atoms.